The van der Waals surface area contributed by atoms with Crippen LogP contribution in [0.5, 0.6) is 0 Å². The number of hydrogen-bond acceptors (Lipinski definition) is 4. The minimum Gasteiger partial charge on any atom is -0.354 e. The smallest absolute Gasteiger partial charge is 0.246 e. The van der Waals surface area contributed by atoms with Crippen molar-refractivity contribution in [3.05, 3.63) is 0 Å². The molecule has 4 unspecified atom stereocenters. The summed E-state index contributed by atoms with van der Waals surface area (Å²) in [5.74, 6) is 3.41. The van der Waals surface area contributed by atoms with Crippen LogP contribution < -0.4 is 10.6 Å². The molecule has 3 fully saturated rings. The third-order valence-corrected chi connectivity index (χ3v) is 5.86. The van der Waals surface area contributed by atoms with E-state index in [1.165, 1.54) is 0 Å². The standard InChI is InChI=1S/C16H20N4O2/c1-2-3-4-15(19-20-15)5-6-17-14(22)16-9-10-7-11(12(16)8-10)13(21)18-16/h1,10-12H,3-9H2,(H,17,22)(H,18,21). The molecule has 6 heteroatoms. The van der Waals surface area contributed by atoms with Gasteiger partial charge in [0.25, 0.3) is 0 Å². The molecule has 4 aliphatic rings. The molecular weight excluding hydrogens is 280 g/mol. The van der Waals surface area contributed by atoms with Crippen molar-refractivity contribution in [2.45, 2.75) is 49.7 Å². The third-order valence-electron chi connectivity index (χ3n) is 5.86. The lowest BCUT2D eigenvalue weighted by atomic mass is 9.78. The second kappa shape index (κ2) is 4.55. The van der Waals surface area contributed by atoms with Crippen LogP contribution in [0.15, 0.2) is 10.2 Å². The van der Waals surface area contributed by atoms with Crippen LogP contribution in [0.3, 0.4) is 0 Å². The molecule has 0 aromatic carbocycles. The van der Waals surface area contributed by atoms with Crippen LogP contribution in [-0.4, -0.2) is 29.6 Å². The van der Waals surface area contributed by atoms with E-state index < -0.39 is 5.54 Å². The first kappa shape index (κ1) is 13.7. The molecule has 2 N–H and O–H groups in total. The molecule has 116 valence electrons. The largest absolute Gasteiger partial charge is 0.354 e. The predicted octanol–water partition coefficient (Wildman–Crippen LogP) is 0.983. The Labute approximate surface area is 129 Å². The van der Waals surface area contributed by atoms with Crippen molar-refractivity contribution in [3.8, 4) is 12.3 Å². The van der Waals surface area contributed by atoms with Gasteiger partial charge >= 0.3 is 0 Å². The number of amides is 2. The highest BCUT2D eigenvalue weighted by Gasteiger charge is 2.66. The van der Waals surface area contributed by atoms with Gasteiger partial charge in [0.15, 0.2) is 5.66 Å². The molecule has 0 aromatic heterocycles. The number of rotatable bonds is 6. The first-order valence-electron chi connectivity index (χ1n) is 8.06. The van der Waals surface area contributed by atoms with Gasteiger partial charge in [-0.15, -0.1) is 12.3 Å². The molecule has 0 radical (unpaired) electrons. The predicted molar refractivity (Wildman–Crippen MR) is 78.5 cm³/mol. The SMILES string of the molecule is C#CCCC1(CCNC(=O)C23CC4CC(C(=O)N2)C3C4)N=N1. The van der Waals surface area contributed by atoms with Gasteiger partial charge in [0.05, 0.1) is 0 Å². The molecule has 2 heterocycles. The Bertz CT molecular complexity index is 602. The maximum absolute atomic E-state index is 12.7. The summed E-state index contributed by atoms with van der Waals surface area (Å²) in [5.41, 5.74) is -1.01. The highest BCUT2D eigenvalue weighted by atomic mass is 16.2. The van der Waals surface area contributed by atoms with Gasteiger partial charge in [0.2, 0.25) is 11.8 Å². The molecule has 2 amide bonds. The molecule has 0 aromatic rings. The Morgan fingerprint density at radius 2 is 2.23 bits per heavy atom. The molecule has 4 atom stereocenters. The van der Waals surface area contributed by atoms with E-state index in [-0.39, 0.29) is 29.3 Å². The van der Waals surface area contributed by atoms with Gasteiger partial charge in [0.1, 0.15) is 5.54 Å². The fourth-order valence-corrected chi connectivity index (χ4v) is 4.73. The third kappa shape index (κ3) is 1.88. The molecule has 2 bridgehead atoms. The number of carbonyl (C=O) groups excluding carboxylic acids is 2. The topological polar surface area (TPSA) is 82.9 Å². The number of nitrogens with zero attached hydrogens (tertiary/aromatic N) is 2. The van der Waals surface area contributed by atoms with Gasteiger partial charge in [-0.2, -0.15) is 10.2 Å². The number of terminal acetylenes is 1. The summed E-state index contributed by atoms with van der Waals surface area (Å²) in [6.45, 7) is 0.524. The first-order chi connectivity index (χ1) is 10.6. The van der Waals surface area contributed by atoms with Gasteiger partial charge in [-0.1, -0.05) is 0 Å². The van der Waals surface area contributed by atoms with Crippen LogP contribution >= 0.6 is 0 Å². The van der Waals surface area contributed by atoms with Gasteiger partial charge in [-0.25, -0.2) is 0 Å². The van der Waals surface area contributed by atoms with Crippen LogP contribution in [0.2, 0.25) is 0 Å². The molecule has 4 rings (SSSR count). The maximum Gasteiger partial charge on any atom is 0.246 e. The minimum absolute atomic E-state index is 0.0247. The van der Waals surface area contributed by atoms with Crippen LogP contribution in [0.1, 0.15) is 38.5 Å². The molecule has 2 aliphatic heterocycles. The molecule has 2 saturated carbocycles. The van der Waals surface area contributed by atoms with Crippen molar-refractivity contribution in [1.82, 2.24) is 10.6 Å². The number of hydrogen-bond donors (Lipinski definition) is 2. The molecule has 1 saturated heterocycles. The second-order valence-corrected chi connectivity index (χ2v) is 7.11. The second-order valence-electron chi connectivity index (χ2n) is 7.11. The number of nitrogens with one attached hydrogen (secondary N) is 2. The van der Waals surface area contributed by atoms with Crippen LogP contribution in [0.4, 0.5) is 0 Å². The molecule has 0 spiro atoms. The van der Waals surface area contributed by atoms with E-state index in [0.717, 1.165) is 25.7 Å². The van der Waals surface area contributed by atoms with E-state index in [2.05, 4.69) is 26.8 Å². The van der Waals surface area contributed by atoms with Crippen molar-refractivity contribution in [2.24, 2.45) is 28.0 Å². The molecular formula is C16H20N4O2. The maximum atomic E-state index is 12.7. The van der Waals surface area contributed by atoms with E-state index in [4.69, 9.17) is 6.42 Å². The summed E-state index contributed by atoms with van der Waals surface area (Å²) in [6, 6.07) is 0. The van der Waals surface area contributed by atoms with Crippen LogP contribution in [0, 0.1) is 30.1 Å². The summed E-state index contributed by atoms with van der Waals surface area (Å²) in [7, 11) is 0. The first-order valence-corrected chi connectivity index (χ1v) is 8.06. The summed E-state index contributed by atoms with van der Waals surface area (Å²) in [6.07, 6.45) is 10.1. The van der Waals surface area contributed by atoms with Crippen LogP contribution in [0.25, 0.3) is 0 Å². The Morgan fingerprint density at radius 1 is 1.41 bits per heavy atom. The van der Waals surface area contributed by atoms with E-state index in [1.807, 2.05) is 0 Å². The zero-order chi connectivity index (χ0) is 15.4. The lowest BCUT2D eigenvalue weighted by molar-refractivity contribution is -0.130. The fourth-order valence-electron chi connectivity index (χ4n) is 4.73. The Hall–Kier alpha value is -1.90. The Morgan fingerprint density at radius 3 is 2.91 bits per heavy atom. The van der Waals surface area contributed by atoms with Gasteiger partial charge < -0.3 is 10.6 Å². The zero-order valence-electron chi connectivity index (χ0n) is 12.5. The van der Waals surface area contributed by atoms with E-state index >= 15 is 0 Å². The van der Waals surface area contributed by atoms with Crippen molar-refractivity contribution in [3.63, 3.8) is 0 Å². The molecule has 22 heavy (non-hydrogen) atoms. The Balaban J connectivity index is 1.34. The summed E-state index contributed by atoms with van der Waals surface area (Å²) in [5, 5.41) is 14.1. The Kier molecular flexibility index (Phi) is 2.84. The average Bonchev–Trinajstić information content (AvgIpc) is 2.93. The van der Waals surface area contributed by atoms with Crippen molar-refractivity contribution >= 4 is 11.8 Å². The highest BCUT2D eigenvalue weighted by Crippen LogP contribution is 2.57. The number of carbonyl (C=O) groups is 2. The van der Waals surface area contributed by atoms with Gasteiger partial charge in [-0.3, -0.25) is 9.59 Å². The number of fused-ring (bicyclic) bond motifs is 1. The monoisotopic (exact) mass is 300 g/mol. The van der Waals surface area contributed by atoms with Gasteiger partial charge in [-0.05, 0) is 25.2 Å². The van der Waals surface area contributed by atoms with Crippen molar-refractivity contribution < 1.29 is 9.59 Å². The average molecular weight is 300 g/mol. The summed E-state index contributed by atoms with van der Waals surface area (Å²) < 4.78 is 0. The molecule has 2 aliphatic carbocycles. The minimum atomic E-state index is -0.644. The van der Waals surface area contributed by atoms with Crippen molar-refractivity contribution in [2.75, 3.05) is 6.54 Å². The lowest BCUT2D eigenvalue weighted by Crippen LogP contribution is -2.56. The van der Waals surface area contributed by atoms with Crippen molar-refractivity contribution in [1.29, 1.82) is 0 Å². The fraction of sp³-hybridized carbons (Fsp3) is 0.750. The highest BCUT2D eigenvalue weighted by molar-refractivity contribution is 5.97. The van der Waals surface area contributed by atoms with E-state index in [0.29, 0.717) is 25.3 Å². The zero-order valence-corrected chi connectivity index (χ0v) is 12.5. The van der Waals surface area contributed by atoms with E-state index in [1.54, 1.807) is 0 Å². The summed E-state index contributed by atoms with van der Waals surface area (Å²) in [4.78, 5) is 24.7. The lowest BCUT2D eigenvalue weighted by Gasteiger charge is -2.31. The van der Waals surface area contributed by atoms with E-state index in [9.17, 15) is 9.59 Å². The quantitative estimate of drug-likeness (QED) is 0.717. The van der Waals surface area contributed by atoms with Gasteiger partial charge in [0, 0.05) is 37.6 Å². The molecule has 6 nitrogen and oxygen atoms in total. The normalized spacial score (nSPS) is 38.7. The summed E-state index contributed by atoms with van der Waals surface area (Å²) >= 11 is 0. The van der Waals surface area contributed by atoms with Crippen LogP contribution in [-0.2, 0) is 9.59 Å².